The van der Waals surface area contributed by atoms with Gasteiger partial charge in [0.2, 0.25) is 0 Å². The molecule has 1 unspecified atom stereocenters. The van der Waals surface area contributed by atoms with Crippen LogP contribution >= 0.6 is 11.3 Å². The van der Waals surface area contributed by atoms with Crippen LogP contribution in [-0.2, 0) is 10.8 Å². The number of thiophene rings is 1. The van der Waals surface area contributed by atoms with E-state index in [1.54, 1.807) is 23.8 Å². The van der Waals surface area contributed by atoms with Gasteiger partial charge in [-0.05, 0) is 0 Å². The van der Waals surface area contributed by atoms with Gasteiger partial charge in [0.05, 0.1) is 0 Å². The molecule has 0 aliphatic heterocycles. The van der Waals surface area contributed by atoms with E-state index in [-0.39, 0.29) is 0 Å². The van der Waals surface area contributed by atoms with Crippen molar-refractivity contribution in [3.05, 3.63) is 16.5 Å². The zero-order valence-corrected chi connectivity index (χ0v) is 27.0. The molecule has 4 heteroatoms. The fourth-order valence-electron chi connectivity index (χ4n) is 5.13. The van der Waals surface area contributed by atoms with Crippen molar-refractivity contribution < 1.29 is 4.43 Å². The minimum absolute atomic E-state index is 0.334. The first-order valence-electron chi connectivity index (χ1n) is 13.3. The van der Waals surface area contributed by atoms with E-state index in [1.807, 2.05) is 2.89 Å². The first-order chi connectivity index (χ1) is 14.5. The van der Waals surface area contributed by atoms with Crippen molar-refractivity contribution in [3.63, 3.8) is 0 Å². The van der Waals surface area contributed by atoms with Crippen molar-refractivity contribution in [3.8, 4) is 0 Å². The van der Waals surface area contributed by atoms with Crippen molar-refractivity contribution in [1.29, 1.82) is 0 Å². The number of rotatable bonds is 13. The van der Waals surface area contributed by atoms with Crippen molar-refractivity contribution in [1.82, 2.24) is 0 Å². The summed E-state index contributed by atoms with van der Waals surface area (Å²) in [4.78, 5) is 1.69. The van der Waals surface area contributed by atoms with E-state index in [9.17, 15) is 0 Å². The maximum atomic E-state index is 7.04. The molecule has 1 aromatic heterocycles. The van der Waals surface area contributed by atoms with Gasteiger partial charge < -0.3 is 0 Å². The first kappa shape index (κ1) is 27.9. The molecule has 31 heavy (non-hydrogen) atoms. The molecule has 1 nitrogen and oxygen atoms in total. The third-order valence-corrected chi connectivity index (χ3v) is 31.0. The monoisotopic (exact) mass is 572 g/mol. The molecule has 0 amide bonds. The van der Waals surface area contributed by atoms with E-state index < -0.39 is 26.7 Å². The second-order valence-electron chi connectivity index (χ2n) is 12.0. The summed E-state index contributed by atoms with van der Waals surface area (Å²) >= 11 is -0.103. The molecule has 1 aliphatic rings. The Hall–Kier alpha value is 0.676. The molecule has 0 fully saturated rings. The Kier molecular flexibility index (Phi) is 10.7. The normalized spacial score (nSPS) is 19.1. The van der Waals surface area contributed by atoms with Gasteiger partial charge >= 0.3 is 205 Å². The van der Waals surface area contributed by atoms with Crippen LogP contribution in [0.1, 0.15) is 110 Å². The summed E-state index contributed by atoms with van der Waals surface area (Å²) in [5.41, 5.74) is 2.64. The number of unbranched alkanes of at least 4 members (excludes halogenated alkanes) is 3. The molecule has 1 atom stereocenters. The number of hydrogen-bond donors (Lipinski definition) is 0. The first-order valence-corrected chi connectivity index (χ1v) is 24.6. The van der Waals surface area contributed by atoms with Gasteiger partial charge in [-0.1, -0.05) is 0 Å². The zero-order valence-electron chi connectivity index (χ0n) is 22.3. The van der Waals surface area contributed by atoms with E-state index in [1.165, 1.54) is 51.4 Å². The predicted molar refractivity (Wildman–Crippen MR) is 147 cm³/mol. The summed E-state index contributed by atoms with van der Waals surface area (Å²) in [6.07, 6.45) is 11.2. The molecule has 0 spiro atoms. The molecule has 0 radical (unpaired) electrons. The molecule has 2 rings (SSSR count). The summed E-state index contributed by atoms with van der Waals surface area (Å²) in [6.45, 7) is 21.7. The van der Waals surface area contributed by atoms with E-state index in [4.69, 9.17) is 4.43 Å². The molecule has 0 saturated heterocycles. The Labute approximate surface area is 204 Å². The van der Waals surface area contributed by atoms with Crippen LogP contribution in [-0.4, -0.2) is 26.7 Å². The fraction of sp³-hybridized carbons (Fsp3) is 0.852. The van der Waals surface area contributed by atoms with Gasteiger partial charge in [-0.15, -0.1) is 0 Å². The van der Waals surface area contributed by atoms with Crippen molar-refractivity contribution in [2.24, 2.45) is 5.41 Å². The second kappa shape index (κ2) is 11.9. The Morgan fingerprint density at radius 3 is 2.00 bits per heavy atom. The van der Waals surface area contributed by atoms with E-state index in [0.29, 0.717) is 17.1 Å². The van der Waals surface area contributed by atoms with Gasteiger partial charge in [0.15, 0.2) is 0 Å². The van der Waals surface area contributed by atoms with Crippen molar-refractivity contribution in [2.45, 2.75) is 138 Å². The Morgan fingerprint density at radius 2 is 1.55 bits per heavy atom. The SMILES string of the molecule is CCC[CH2][Sn]([CH2]CCC)([CH2]CCC)[c]1cc2c(s1)CC(C)(C)CC2O[Si](C)(C)C(C)C. The Bertz CT molecular complexity index is 657. The second-order valence-corrected chi connectivity index (χ2v) is 31.9. The topological polar surface area (TPSA) is 9.23 Å². The van der Waals surface area contributed by atoms with Crippen LogP contribution in [0.2, 0.25) is 31.9 Å². The van der Waals surface area contributed by atoms with E-state index in [2.05, 4.69) is 79.0 Å². The van der Waals surface area contributed by atoms with E-state index in [0.717, 1.165) is 0 Å². The molecule has 1 aliphatic carbocycles. The summed E-state index contributed by atoms with van der Waals surface area (Å²) in [7, 11) is -1.68. The van der Waals surface area contributed by atoms with Crippen LogP contribution in [0.15, 0.2) is 6.07 Å². The number of hydrogen-bond acceptors (Lipinski definition) is 2. The van der Waals surface area contributed by atoms with Crippen LogP contribution in [0.4, 0.5) is 0 Å². The molecule has 0 saturated carbocycles. The molecule has 180 valence electrons. The maximum absolute atomic E-state index is 7.04. The quantitative estimate of drug-likeness (QED) is 0.214. The summed E-state index contributed by atoms with van der Waals surface area (Å²) < 4.78 is 13.7. The van der Waals surface area contributed by atoms with Crippen LogP contribution in [0.5, 0.6) is 0 Å². The van der Waals surface area contributed by atoms with Gasteiger partial charge in [0.1, 0.15) is 0 Å². The van der Waals surface area contributed by atoms with Gasteiger partial charge in [0, 0.05) is 0 Å². The van der Waals surface area contributed by atoms with Crippen molar-refractivity contribution >= 4 is 40.9 Å². The van der Waals surface area contributed by atoms with Gasteiger partial charge in [0.25, 0.3) is 0 Å². The van der Waals surface area contributed by atoms with Crippen molar-refractivity contribution in [2.75, 3.05) is 0 Å². The third kappa shape index (κ3) is 7.33. The predicted octanol–water partition coefficient (Wildman–Crippen LogP) is 9.45. The average Bonchev–Trinajstić information content (AvgIpc) is 3.10. The Balaban J connectivity index is 2.48. The molecular weight excluding hydrogens is 519 g/mol. The Morgan fingerprint density at radius 1 is 1.03 bits per heavy atom. The molecule has 0 aromatic carbocycles. The summed E-state index contributed by atoms with van der Waals surface area (Å²) in [5, 5.41) is 0. The molecular formula is C27H52OSSiSn. The van der Waals surface area contributed by atoms with Crippen LogP contribution in [0, 0.1) is 5.41 Å². The molecule has 1 heterocycles. The van der Waals surface area contributed by atoms with Crippen LogP contribution in [0.25, 0.3) is 0 Å². The number of fused-ring (bicyclic) bond motifs is 1. The van der Waals surface area contributed by atoms with Crippen LogP contribution in [0.3, 0.4) is 0 Å². The minimum atomic E-state index is -2.37. The summed E-state index contributed by atoms with van der Waals surface area (Å²) in [5.74, 6) is 0. The third-order valence-electron chi connectivity index (χ3n) is 7.95. The molecule has 0 N–H and O–H groups in total. The summed E-state index contributed by atoms with van der Waals surface area (Å²) in [6, 6.07) is 2.74. The van der Waals surface area contributed by atoms with Gasteiger partial charge in [-0.3, -0.25) is 0 Å². The van der Waals surface area contributed by atoms with E-state index >= 15 is 0 Å². The fourth-order valence-corrected chi connectivity index (χ4v) is 27.1. The van der Waals surface area contributed by atoms with Crippen LogP contribution < -0.4 is 2.89 Å². The molecule has 1 aromatic rings. The zero-order chi connectivity index (χ0) is 23.3. The van der Waals surface area contributed by atoms with Gasteiger partial charge in [-0.25, -0.2) is 0 Å². The standard InChI is InChI=1S/C15H25OSSi.3C4H9.Sn/c1-11(2)18(5,6)16-13-9-15(3,4)10-14-12(13)7-8-17-14;3*1-3-4-2;/h7,11,13H,9-10H2,1-6H3;3*1,3-4H2,2H3;. The molecule has 0 bridgehead atoms. The average molecular weight is 572 g/mol. The van der Waals surface area contributed by atoms with Gasteiger partial charge in [-0.2, -0.15) is 0 Å².